The van der Waals surface area contributed by atoms with Gasteiger partial charge in [-0.1, -0.05) is 13.0 Å². The summed E-state index contributed by atoms with van der Waals surface area (Å²) in [4.78, 5) is 25.5. The van der Waals surface area contributed by atoms with Crippen molar-refractivity contribution in [2.24, 2.45) is 0 Å². The summed E-state index contributed by atoms with van der Waals surface area (Å²) in [5, 5.41) is 7.11. The molecule has 1 aromatic carbocycles. The van der Waals surface area contributed by atoms with Crippen LogP contribution in [0.25, 0.3) is 22.3 Å². The Hall–Kier alpha value is -3.98. The predicted octanol–water partition coefficient (Wildman–Crippen LogP) is 3.65. The van der Waals surface area contributed by atoms with Gasteiger partial charge < -0.3 is 24.7 Å². The van der Waals surface area contributed by atoms with E-state index < -0.39 is 0 Å². The second-order valence-electron chi connectivity index (χ2n) is 8.66. The average Bonchev–Trinajstić information content (AvgIpc) is 3.28. The smallest absolute Gasteiger partial charge is 0.251 e. The van der Waals surface area contributed by atoms with Crippen LogP contribution in [-0.2, 0) is 4.74 Å². The fourth-order valence-electron chi connectivity index (χ4n) is 4.25. The van der Waals surface area contributed by atoms with Crippen molar-refractivity contribution in [3.05, 3.63) is 66.2 Å². The molecule has 1 atom stereocenters. The largest absolute Gasteiger partial charge is 0.496 e. The van der Waals surface area contributed by atoms with Crippen LogP contribution in [0.5, 0.6) is 5.75 Å². The summed E-state index contributed by atoms with van der Waals surface area (Å²) in [5.74, 6) is 1.39. The molecule has 2 N–H and O–H groups in total. The number of nitrogens with zero attached hydrogens (tertiary/aromatic N) is 4. The van der Waals surface area contributed by atoms with Gasteiger partial charge in [-0.2, -0.15) is 0 Å². The molecular formula is C26H28N6O3. The van der Waals surface area contributed by atoms with Crippen molar-refractivity contribution < 1.29 is 14.3 Å². The number of methoxy groups -OCH3 is 1. The minimum Gasteiger partial charge on any atom is -0.496 e. The minimum absolute atomic E-state index is 0.121. The van der Waals surface area contributed by atoms with Crippen molar-refractivity contribution in [3.8, 4) is 17.0 Å². The monoisotopic (exact) mass is 472 g/mol. The molecule has 0 radical (unpaired) electrons. The lowest BCUT2D eigenvalue weighted by Crippen LogP contribution is -2.30. The molecule has 3 aromatic heterocycles. The van der Waals surface area contributed by atoms with E-state index in [1.54, 1.807) is 26.6 Å². The van der Waals surface area contributed by atoms with Crippen LogP contribution in [0.3, 0.4) is 0 Å². The van der Waals surface area contributed by atoms with E-state index >= 15 is 0 Å². The van der Waals surface area contributed by atoms with E-state index in [1.807, 2.05) is 24.4 Å². The topological polar surface area (TPSA) is 103 Å². The molecule has 180 valence electrons. The Morgan fingerprint density at radius 3 is 2.80 bits per heavy atom. The number of nitrogens with one attached hydrogen (secondary N) is 2. The van der Waals surface area contributed by atoms with Crippen molar-refractivity contribution in [1.82, 2.24) is 24.8 Å². The number of hydrogen-bond donors (Lipinski definition) is 2. The number of benzene rings is 1. The summed E-state index contributed by atoms with van der Waals surface area (Å²) in [6.07, 6.45) is 5.48. The maximum Gasteiger partial charge on any atom is 0.251 e. The molecule has 1 fully saturated rings. The summed E-state index contributed by atoms with van der Waals surface area (Å²) in [7, 11) is 3.22. The number of carbonyl (C=O) groups excluding carboxylic acids is 1. The van der Waals surface area contributed by atoms with Crippen LogP contribution in [0.2, 0.25) is 0 Å². The van der Waals surface area contributed by atoms with E-state index in [0.717, 1.165) is 46.9 Å². The van der Waals surface area contributed by atoms with Gasteiger partial charge in [0.05, 0.1) is 32.1 Å². The van der Waals surface area contributed by atoms with Crippen LogP contribution < -0.4 is 15.4 Å². The predicted molar refractivity (Wildman–Crippen MR) is 134 cm³/mol. The zero-order valence-corrected chi connectivity index (χ0v) is 20.0. The van der Waals surface area contributed by atoms with Crippen molar-refractivity contribution in [1.29, 1.82) is 0 Å². The third kappa shape index (κ3) is 4.54. The average molecular weight is 473 g/mol. The first-order valence-corrected chi connectivity index (χ1v) is 11.6. The maximum atomic E-state index is 11.9. The summed E-state index contributed by atoms with van der Waals surface area (Å²) in [5.41, 5.74) is 4.27. The van der Waals surface area contributed by atoms with Gasteiger partial charge in [0.15, 0.2) is 0 Å². The standard InChI is InChI=1S/C26H28N6O3/c1-16(21-5-4-18(26(33)27-2)9-23(21)34-3)11-28-24-10-22(30-15-31-24)19-8-17-6-7-32(20-13-35-14-20)25(17)29-12-19/h4-10,12,15-16,20H,11,13-14H2,1-3H3,(H,27,33)(H,28,30,31). The normalized spacial score (nSPS) is 14.4. The van der Waals surface area contributed by atoms with Crippen molar-refractivity contribution in [2.45, 2.75) is 18.9 Å². The highest BCUT2D eigenvalue weighted by Crippen LogP contribution is 2.29. The number of ether oxygens (including phenoxy) is 2. The molecule has 9 nitrogen and oxygen atoms in total. The van der Waals surface area contributed by atoms with Crippen molar-refractivity contribution >= 4 is 22.8 Å². The number of fused-ring (bicyclic) bond motifs is 1. The minimum atomic E-state index is -0.143. The van der Waals surface area contributed by atoms with Crippen LogP contribution in [0.4, 0.5) is 5.82 Å². The van der Waals surface area contributed by atoms with Gasteiger partial charge in [0.25, 0.3) is 5.91 Å². The first-order valence-electron chi connectivity index (χ1n) is 11.6. The number of hydrogen-bond acceptors (Lipinski definition) is 7. The Kier molecular flexibility index (Phi) is 6.33. The zero-order valence-electron chi connectivity index (χ0n) is 20.0. The Bertz CT molecular complexity index is 1360. The third-order valence-corrected chi connectivity index (χ3v) is 6.37. The molecule has 1 saturated heterocycles. The van der Waals surface area contributed by atoms with E-state index in [0.29, 0.717) is 23.9 Å². The molecule has 1 aliphatic heterocycles. The number of rotatable bonds is 8. The van der Waals surface area contributed by atoms with Gasteiger partial charge in [-0.25, -0.2) is 15.0 Å². The van der Waals surface area contributed by atoms with Gasteiger partial charge in [0.2, 0.25) is 0 Å². The van der Waals surface area contributed by atoms with E-state index in [1.165, 1.54) is 0 Å². The Morgan fingerprint density at radius 1 is 1.20 bits per heavy atom. The van der Waals surface area contributed by atoms with E-state index in [9.17, 15) is 4.79 Å². The fraction of sp³-hybridized carbons (Fsp3) is 0.308. The molecule has 5 rings (SSSR count). The number of anilines is 1. The molecule has 4 heterocycles. The zero-order chi connectivity index (χ0) is 24.4. The van der Waals surface area contributed by atoms with Gasteiger partial charge in [-0.05, 0) is 29.8 Å². The highest BCUT2D eigenvalue weighted by atomic mass is 16.5. The molecule has 1 amide bonds. The third-order valence-electron chi connectivity index (χ3n) is 6.37. The lowest BCUT2D eigenvalue weighted by Gasteiger charge is -2.27. The van der Waals surface area contributed by atoms with Gasteiger partial charge in [0.1, 0.15) is 23.5 Å². The van der Waals surface area contributed by atoms with E-state index in [4.69, 9.17) is 14.5 Å². The summed E-state index contributed by atoms with van der Waals surface area (Å²) in [6, 6.07) is 12.0. The van der Waals surface area contributed by atoms with Gasteiger partial charge >= 0.3 is 0 Å². The Labute approximate surface area is 203 Å². The van der Waals surface area contributed by atoms with Crippen LogP contribution in [0, 0.1) is 0 Å². The molecule has 35 heavy (non-hydrogen) atoms. The van der Waals surface area contributed by atoms with E-state index in [2.05, 4.69) is 50.4 Å². The molecule has 4 aromatic rings. The van der Waals surface area contributed by atoms with Gasteiger partial charge in [-0.3, -0.25) is 4.79 Å². The molecule has 9 heteroatoms. The molecule has 0 saturated carbocycles. The van der Waals surface area contributed by atoms with Crippen LogP contribution in [0.15, 0.2) is 55.1 Å². The number of carbonyl (C=O) groups is 1. The van der Waals surface area contributed by atoms with Crippen molar-refractivity contribution in [2.75, 3.05) is 39.2 Å². The molecule has 0 spiro atoms. The summed E-state index contributed by atoms with van der Waals surface area (Å²) < 4.78 is 13.0. The first-order chi connectivity index (χ1) is 17.1. The quantitative estimate of drug-likeness (QED) is 0.403. The number of aromatic nitrogens is 4. The van der Waals surface area contributed by atoms with Crippen LogP contribution in [-0.4, -0.2) is 59.3 Å². The summed E-state index contributed by atoms with van der Waals surface area (Å²) in [6.45, 7) is 4.20. The fourth-order valence-corrected chi connectivity index (χ4v) is 4.25. The molecule has 1 aliphatic rings. The maximum absolute atomic E-state index is 11.9. The van der Waals surface area contributed by atoms with Crippen molar-refractivity contribution in [3.63, 3.8) is 0 Å². The highest BCUT2D eigenvalue weighted by Gasteiger charge is 2.22. The molecule has 0 bridgehead atoms. The summed E-state index contributed by atoms with van der Waals surface area (Å²) >= 11 is 0. The van der Waals surface area contributed by atoms with E-state index in [-0.39, 0.29) is 11.8 Å². The molecule has 1 unspecified atom stereocenters. The number of pyridine rings is 1. The van der Waals surface area contributed by atoms with Crippen LogP contribution >= 0.6 is 0 Å². The SMILES string of the molecule is CNC(=O)c1ccc(C(C)CNc2cc(-c3cnc4c(ccn4C4COC4)c3)ncn2)c(OC)c1. The number of amides is 1. The second-order valence-corrected chi connectivity index (χ2v) is 8.66. The first kappa shape index (κ1) is 22.8. The lowest BCUT2D eigenvalue weighted by molar-refractivity contribution is -0.0216. The van der Waals surface area contributed by atoms with Gasteiger partial charge in [0, 0.05) is 54.5 Å². The second kappa shape index (κ2) is 9.71. The Morgan fingerprint density at radius 2 is 2.06 bits per heavy atom. The molecular weight excluding hydrogens is 444 g/mol. The van der Waals surface area contributed by atoms with Gasteiger partial charge in [-0.15, -0.1) is 0 Å². The Balaban J connectivity index is 1.30. The highest BCUT2D eigenvalue weighted by molar-refractivity contribution is 5.94. The van der Waals surface area contributed by atoms with Crippen LogP contribution in [0.1, 0.15) is 34.8 Å². The molecule has 0 aliphatic carbocycles. The lowest BCUT2D eigenvalue weighted by atomic mass is 9.98.